The van der Waals surface area contributed by atoms with Gasteiger partial charge in [0.15, 0.2) is 17.3 Å². The van der Waals surface area contributed by atoms with Gasteiger partial charge in [-0.2, -0.15) is 0 Å². The predicted octanol–water partition coefficient (Wildman–Crippen LogP) is 3.70. The van der Waals surface area contributed by atoms with Crippen molar-refractivity contribution in [3.8, 4) is 17.2 Å². The van der Waals surface area contributed by atoms with Gasteiger partial charge < -0.3 is 14.6 Å². The topological polar surface area (TPSA) is 55.8 Å². The molecule has 22 heavy (non-hydrogen) atoms. The summed E-state index contributed by atoms with van der Waals surface area (Å²) >= 11 is 0. The smallest absolute Gasteiger partial charge is 0.185 e. The van der Waals surface area contributed by atoms with Crippen molar-refractivity contribution in [2.75, 3.05) is 13.7 Å². The van der Waals surface area contributed by atoms with Crippen LogP contribution in [0.3, 0.4) is 0 Å². The van der Waals surface area contributed by atoms with Crippen molar-refractivity contribution in [3.63, 3.8) is 0 Å². The minimum atomic E-state index is -0.131. The first-order valence-electron chi connectivity index (χ1n) is 6.96. The standard InChI is InChI=1S/C18H18O4/c1-3-22-18-12-13(5-11-17(18)21-2)4-10-16(20)14-6-8-15(19)9-7-14/h4-12,19H,3H2,1-2H3/b10-4+. The molecule has 0 heterocycles. The summed E-state index contributed by atoms with van der Waals surface area (Å²) in [6.07, 6.45) is 3.21. The number of allylic oxidation sites excluding steroid dienone is 1. The molecule has 0 fully saturated rings. The molecule has 0 aliphatic rings. The van der Waals surface area contributed by atoms with Crippen LogP contribution in [0.5, 0.6) is 17.2 Å². The highest BCUT2D eigenvalue weighted by atomic mass is 16.5. The maximum atomic E-state index is 12.0. The van der Waals surface area contributed by atoms with Crippen LogP contribution in [-0.4, -0.2) is 24.6 Å². The largest absolute Gasteiger partial charge is 0.508 e. The number of phenols is 1. The molecule has 0 aliphatic heterocycles. The third kappa shape index (κ3) is 3.88. The fourth-order valence-corrected chi connectivity index (χ4v) is 1.96. The predicted molar refractivity (Wildman–Crippen MR) is 85.6 cm³/mol. The number of ketones is 1. The van der Waals surface area contributed by atoms with Gasteiger partial charge >= 0.3 is 0 Å². The van der Waals surface area contributed by atoms with Gasteiger partial charge in [-0.15, -0.1) is 0 Å². The van der Waals surface area contributed by atoms with Crippen LogP contribution >= 0.6 is 0 Å². The zero-order valence-electron chi connectivity index (χ0n) is 12.6. The molecule has 0 atom stereocenters. The molecule has 2 aromatic rings. The number of hydrogen-bond acceptors (Lipinski definition) is 4. The molecule has 2 aromatic carbocycles. The van der Waals surface area contributed by atoms with E-state index in [1.54, 1.807) is 31.4 Å². The summed E-state index contributed by atoms with van der Waals surface area (Å²) in [7, 11) is 1.59. The molecule has 2 rings (SSSR count). The second-order valence-electron chi connectivity index (χ2n) is 4.59. The van der Waals surface area contributed by atoms with Gasteiger partial charge in [0.1, 0.15) is 5.75 Å². The summed E-state index contributed by atoms with van der Waals surface area (Å²) in [5.74, 6) is 1.30. The second-order valence-corrected chi connectivity index (χ2v) is 4.59. The summed E-state index contributed by atoms with van der Waals surface area (Å²) in [5.41, 5.74) is 1.36. The number of methoxy groups -OCH3 is 1. The summed E-state index contributed by atoms with van der Waals surface area (Å²) in [5, 5.41) is 9.22. The maximum Gasteiger partial charge on any atom is 0.185 e. The summed E-state index contributed by atoms with van der Waals surface area (Å²) in [4.78, 5) is 12.0. The minimum Gasteiger partial charge on any atom is -0.508 e. The van der Waals surface area contributed by atoms with Gasteiger partial charge in [0, 0.05) is 5.56 Å². The lowest BCUT2D eigenvalue weighted by atomic mass is 10.1. The van der Waals surface area contributed by atoms with Crippen LogP contribution < -0.4 is 9.47 Å². The number of ether oxygens (including phenoxy) is 2. The van der Waals surface area contributed by atoms with Crippen molar-refractivity contribution in [3.05, 3.63) is 59.7 Å². The molecule has 114 valence electrons. The van der Waals surface area contributed by atoms with Crippen LogP contribution in [0, 0.1) is 0 Å². The zero-order chi connectivity index (χ0) is 15.9. The molecule has 0 aromatic heterocycles. The van der Waals surface area contributed by atoms with Crippen LogP contribution in [-0.2, 0) is 0 Å². The molecular formula is C18H18O4. The molecule has 0 bridgehead atoms. The number of carbonyl (C=O) groups excluding carboxylic acids is 1. The maximum absolute atomic E-state index is 12.0. The molecular weight excluding hydrogens is 280 g/mol. The first-order valence-corrected chi connectivity index (χ1v) is 6.96. The Morgan fingerprint density at radius 1 is 1.14 bits per heavy atom. The van der Waals surface area contributed by atoms with E-state index in [1.165, 1.54) is 18.2 Å². The van der Waals surface area contributed by atoms with E-state index in [4.69, 9.17) is 9.47 Å². The number of rotatable bonds is 6. The minimum absolute atomic E-state index is 0.131. The van der Waals surface area contributed by atoms with E-state index in [2.05, 4.69) is 0 Å². The Labute approximate surface area is 129 Å². The van der Waals surface area contributed by atoms with Crippen LogP contribution in [0.2, 0.25) is 0 Å². The molecule has 1 N–H and O–H groups in total. The number of benzene rings is 2. The van der Waals surface area contributed by atoms with Gasteiger partial charge in [-0.1, -0.05) is 12.1 Å². The Morgan fingerprint density at radius 3 is 2.50 bits per heavy atom. The monoisotopic (exact) mass is 298 g/mol. The summed E-state index contributed by atoms with van der Waals surface area (Å²) in [6.45, 7) is 2.44. The van der Waals surface area contributed by atoms with E-state index in [1.807, 2.05) is 19.1 Å². The van der Waals surface area contributed by atoms with Crippen LogP contribution in [0.15, 0.2) is 48.5 Å². The summed E-state index contributed by atoms with van der Waals surface area (Å²) in [6, 6.07) is 11.6. The average Bonchev–Trinajstić information content (AvgIpc) is 2.54. The lowest BCUT2D eigenvalue weighted by molar-refractivity contribution is 0.104. The third-order valence-electron chi connectivity index (χ3n) is 3.07. The Balaban J connectivity index is 2.17. The van der Waals surface area contributed by atoms with E-state index in [-0.39, 0.29) is 11.5 Å². The first kappa shape index (κ1) is 15.6. The molecule has 0 spiro atoms. The Bertz CT molecular complexity index is 672. The van der Waals surface area contributed by atoms with E-state index in [0.717, 1.165) is 5.56 Å². The fourth-order valence-electron chi connectivity index (χ4n) is 1.96. The highest BCUT2D eigenvalue weighted by molar-refractivity contribution is 6.06. The fraction of sp³-hybridized carbons (Fsp3) is 0.167. The normalized spacial score (nSPS) is 10.6. The third-order valence-corrected chi connectivity index (χ3v) is 3.07. The molecule has 0 unspecified atom stereocenters. The van der Waals surface area contributed by atoms with Crippen molar-refractivity contribution in [1.29, 1.82) is 0 Å². The highest BCUT2D eigenvalue weighted by Gasteiger charge is 2.05. The molecule has 0 saturated heterocycles. The molecule has 0 aliphatic carbocycles. The van der Waals surface area contributed by atoms with E-state index >= 15 is 0 Å². The van der Waals surface area contributed by atoms with Crippen LogP contribution in [0.1, 0.15) is 22.8 Å². The molecule has 4 heteroatoms. The lowest BCUT2D eigenvalue weighted by Crippen LogP contribution is -1.96. The molecule has 4 nitrogen and oxygen atoms in total. The highest BCUT2D eigenvalue weighted by Crippen LogP contribution is 2.28. The average molecular weight is 298 g/mol. The zero-order valence-corrected chi connectivity index (χ0v) is 12.6. The lowest BCUT2D eigenvalue weighted by Gasteiger charge is -2.09. The van der Waals surface area contributed by atoms with Gasteiger partial charge in [-0.25, -0.2) is 0 Å². The molecule has 0 saturated carbocycles. The molecule has 0 amide bonds. The van der Waals surface area contributed by atoms with Gasteiger partial charge in [-0.3, -0.25) is 4.79 Å². The Hall–Kier alpha value is -2.75. The first-order chi connectivity index (χ1) is 10.6. The Kier molecular flexibility index (Phi) is 5.20. The SMILES string of the molecule is CCOc1cc(/C=C/C(=O)c2ccc(O)cc2)ccc1OC. The van der Waals surface area contributed by atoms with Gasteiger partial charge in [0.25, 0.3) is 0 Å². The Morgan fingerprint density at radius 2 is 1.86 bits per heavy atom. The van der Waals surface area contributed by atoms with E-state index in [0.29, 0.717) is 23.7 Å². The molecule has 0 radical (unpaired) electrons. The van der Waals surface area contributed by atoms with Crippen molar-refractivity contribution in [2.45, 2.75) is 6.92 Å². The van der Waals surface area contributed by atoms with Crippen LogP contribution in [0.4, 0.5) is 0 Å². The van der Waals surface area contributed by atoms with Crippen molar-refractivity contribution < 1.29 is 19.4 Å². The van der Waals surface area contributed by atoms with E-state index < -0.39 is 0 Å². The number of phenolic OH excluding ortho intramolecular Hbond substituents is 1. The quantitative estimate of drug-likeness (QED) is 0.652. The van der Waals surface area contributed by atoms with Crippen LogP contribution in [0.25, 0.3) is 6.08 Å². The number of hydrogen-bond donors (Lipinski definition) is 1. The number of aromatic hydroxyl groups is 1. The second kappa shape index (κ2) is 7.31. The van der Waals surface area contributed by atoms with Gasteiger partial charge in [0.2, 0.25) is 0 Å². The summed E-state index contributed by atoms with van der Waals surface area (Å²) < 4.78 is 10.7. The van der Waals surface area contributed by atoms with Crippen molar-refractivity contribution in [2.24, 2.45) is 0 Å². The van der Waals surface area contributed by atoms with Gasteiger partial charge in [0.05, 0.1) is 13.7 Å². The van der Waals surface area contributed by atoms with Crippen molar-refractivity contribution >= 4 is 11.9 Å². The van der Waals surface area contributed by atoms with E-state index in [9.17, 15) is 9.90 Å². The van der Waals surface area contributed by atoms with Crippen molar-refractivity contribution in [1.82, 2.24) is 0 Å². The number of carbonyl (C=O) groups is 1. The van der Waals surface area contributed by atoms with Gasteiger partial charge in [-0.05, 0) is 55.0 Å².